The molecule has 0 aliphatic heterocycles. The summed E-state index contributed by atoms with van der Waals surface area (Å²) in [6.45, 7) is 8.21. The van der Waals surface area contributed by atoms with Crippen molar-refractivity contribution in [3.8, 4) is 11.1 Å². The fourth-order valence-electron chi connectivity index (χ4n) is 2.44. The van der Waals surface area contributed by atoms with E-state index in [2.05, 4.69) is 52.6 Å². The summed E-state index contributed by atoms with van der Waals surface area (Å²) >= 11 is 5.88. The molecule has 0 atom stereocenters. The van der Waals surface area contributed by atoms with E-state index in [1.54, 1.807) is 24.5 Å². The molecule has 0 saturated carbocycles. The SMILES string of the molecule is CC.CC1=CC=CC=CC1.Cc1cnc(Cl)cc1-c1c[nH]c(C(=O)NCCO)c1. The Bertz CT molecular complexity index is 867. The number of aromatic amines is 1. The average Bonchev–Trinajstić information content (AvgIpc) is 3.10. The molecule has 0 unspecified atom stereocenters. The highest BCUT2D eigenvalue weighted by Gasteiger charge is 2.11. The number of amides is 1. The highest BCUT2D eigenvalue weighted by Crippen LogP contribution is 2.25. The molecule has 2 heterocycles. The molecule has 156 valence electrons. The summed E-state index contributed by atoms with van der Waals surface area (Å²) in [7, 11) is 0. The van der Waals surface area contributed by atoms with E-state index in [9.17, 15) is 4.79 Å². The van der Waals surface area contributed by atoms with Crippen molar-refractivity contribution >= 4 is 17.5 Å². The Hall–Kier alpha value is -2.63. The molecule has 3 rings (SSSR count). The first kappa shape index (κ1) is 24.4. The second kappa shape index (κ2) is 13.5. The van der Waals surface area contributed by atoms with Gasteiger partial charge in [-0.05, 0) is 43.5 Å². The first-order valence-electron chi connectivity index (χ1n) is 9.70. The molecule has 0 bridgehead atoms. The Morgan fingerprint density at radius 2 is 2.00 bits per heavy atom. The first-order valence-corrected chi connectivity index (χ1v) is 10.1. The van der Waals surface area contributed by atoms with E-state index in [4.69, 9.17) is 16.7 Å². The van der Waals surface area contributed by atoms with Crippen LogP contribution in [0.2, 0.25) is 5.15 Å². The fraction of sp³-hybridized carbons (Fsp3) is 0.304. The molecule has 0 saturated heterocycles. The molecule has 0 radical (unpaired) electrons. The maximum Gasteiger partial charge on any atom is 0.267 e. The van der Waals surface area contributed by atoms with E-state index >= 15 is 0 Å². The Kier molecular flexibility index (Phi) is 11.4. The smallest absolute Gasteiger partial charge is 0.267 e. The number of carbonyl (C=O) groups excluding carboxylic acids is 1. The summed E-state index contributed by atoms with van der Waals surface area (Å²) in [6, 6.07) is 3.50. The number of allylic oxidation sites excluding steroid dienone is 6. The van der Waals surface area contributed by atoms with Crippen LogP contribution in [0.5, 0.6) is 0 Å². The summed E-state index contributed by atoms with van der Waals surface area (Å²) in [4.78, 5) is 18.6. The topological polar surface area (TPSA) is 78.0 Å². The first-order chi connectivity index (χ1) is 14.0. The lowest BCUT2D eigenvalue weighted by molar-refractivity contribution is 0.0940. The fourth-order valence-corrected chi connectivity index (χ4v) is 2.60. The van der Waals surface area contributed by atoms with Gasteiger partial charge in [0.2, 0.25) is 0 Å². The monoisotopic (exact) mass is 415 g/mol. The van der Waals surface area contributed by atoms with Crippen LogP contribution in [0.4, 0.5) is 0 Å². The van der Waals surface area contributed by atoms with Crippen LogP contribution in [0, 0.1) is 6.92 Å². The van der Waals surface area contributed by atoms with Crippen LogP contribution in [0.3, 0.4) is 0 Å². The number of aromatic nitrogens is 2. The van der Waals surface area contributed by atoms with Crippen molar-refractivity contribution in [3.63, 3.8) is 0 Å². The molecule has 1 aliphatic carbocycles. The van der Waals surface area contributed by atoms with Gasteiger partial charge in [-0.1, -0.05) is 61.4 Å². The second-order valence-corrected chi connectivity index (χ2v) is 6.52. The largest absolute Gasteiger partial charge is 0.395 e. The molecule has 6 heteroatoms. The molecule has 2 aromatic rings. The molecule has 5 nitrogen and oxygen atoms in total. The number of aliphatic hydroxyl groups excluding tert-OH is 1. The van der Waals surface area contributed by atoms with Crippen molar-refractivity contribution in [2.24, 2.45) is 0 Å². The Morgan fingerprint density at radius 1 is 1.24 bits per heavy atom. The van der Waals surface area contributed by atoms with Gasteiger partial charge in [-0.25, -0.2) is 4.98 Å². The van der Waals surface area contributed by atoms with E-state index < -0.39 is 0 Å². The maximum atomic E-state index is 11.7. The highest BCUT2D eigenvalue weighted by molar-refractivity contribution is 6.29. The van der Waals surface area contributed by atoms with Crippen molar-refractivity contribution in [1.82, 2.24) is 15.3 Å². The predicted octanol–water partition coefficient (Wildman–Crippen LogP) is 5.24. The molecule has 1 aliphatic rings. The average molecular weight is 416 g/mol. The zero-order chi connectivity index (χ0) is 21.6. The summed E-state index contributed by atoms with van der Waals surface area (Å²) in [5.41, 5.74) is 4.64. The molecule has 3 N–H and O–H groups in total. The van der Waals surface area contributed by atoms with E-state index in [1.165, 1.54) is 5.57 Å². The minimum absolute atomic E-state index is 0.0849. The van der Waals surface area contributed by atoms with Gasteiger partial charge in [0.25, 0.3) is 5.91 Å². The number of nitrogens with one attached hydrogen (secondary N) is 2. The Labute approximate surface area is 178 Å². The van der Waals surface area contributed by atoms with Gasteiger partial charge in [0.15, 0.2) is 0 Å². The number of H-pyrrole nitrogens is 1. The van der Waals surface area contributed by atoms with Crippen LogP contribution < -0.4 is 5.32 Å². The van der Waals surface area contributed by atoms with Crippen LogP contribution in [-0.2, 0) is 0 Å². The van der Waals surface area contributed by atoms with Gasteiger partial charge in [0, 0.05) is 24.5 Å². The quantitative estimate of drug-likeness (QED) is 0.598. The number of aryl methyl sites for hydroxylation is 1. The third-order valence-electron chi connectivity index (χ3n) is 3.88. The molecular weight excluding hydrogens is 386 g/mol. The summed E-state index contributed by atoms with van der Waals surface area (Å²) in [6.07, 6.45) is 15.0. The van der Waals surface area contributed by atoms with Crippen molar-refractivity contribution in [3.05, 3.63) is 76.9 Å². The summed E-state index contributed by atoms with van der Waals surface area (Å²) in [5, 5.41) is 11.7. The van der Waals surface area contributed by atoms with Gasteiger partial charge in [-0.2, -0.15) is 0 Å². The third-order valence-corrected chi connectivity index (χ3v) is 4.09. The van der Waals surface area contributed by atoms with Gasteiger partial charge in [0.1, 0.15) is 10.8 Å². The number of carbonyl (C=O) groups is 1. The second-order valence-electron chi connectivity index (χ2n) is 6.13. The molecule has 0 aromatic carbocycles. The Balaban J connectivity index is 0.000000351. The van der Waals surface area contributed by atoms with Crippen molar-refractivity contribution in [2.75, 3.05) is 13.2 Å². The van der Waals surface area contributed by atoms with E-state index in [-0.39, 0.29) is 19.1 Å². The minimum atomic E-state index is -0.252. The minimum Gasteiger partial charge on any atom is -0.395 e. The zero-order valence-electron chi connectivity index (χ0n) is 17.5. The number of hydrogen-bond acceptors (Lipinski definition) is 3. The zero-order valence-corrected chi connectivity index (χ0v) is 18.3. The van der Waals surface area contributed by atoms with Gasteiger partial charge >= 0.3 is 0 Å². The van der Waals surface area contributed by atoms with Gasteiger partial charge in [0.05, 0.1) is 6.61 Å². The third kappa shape index (κ3) is 8.50. The molecule has 0 fully saturated rings. The molecule has 2 aromatic heterocycles. The van der Waals surface area contributed by atoms with E-state index in [0.29, 0.717) is 10.8 Å². The lowest BCUT2D eigenvalue weighted by Gasteiger charge is -2.03. The van der Waals surface area contributed by atoms with Crippen LogP contribution in [0.1, 0.15) is 43.2 Å². The summed E-state index contributed by atoms with van der Waals surface area (Å²) < 4.78 is 0. The summed E-state index contributed by atoms with van der Waals surface area (Å²) in [5.74, 6) is -0.252. The highest BCUT2D eigenvalue weighted by atomic mass is 35.5. The van der Waals surface area contributed by atoms with Gasteiger partial charge < -0.3 is 15.4 Å². The van der Waals surface area contributed by atoms with Crippen molar-refractivity contribution in [2.45, 2.75) is 34.1 Å². The predicted molar refractivity (Wildman–Crippen MR) is 121 cm³/mol. The Morgan fingerprint density at radius 3 is 2.72 bits per heavy atom. The van der Waals surface area contributed by atoms with Crippen molar-refractivity contribution in [1.29, 1.82) is 0 Å². The number of pyridine rings is 1. The molecule has 0 spiro atoms. The molecule has 29 heavy (non-hydrogen) atoms. The lowest BCUT2D eigenvalue weighted by atomic mass is 10.1. The van der Waals surface area contributed by atoms with Gasteiger partial charge in [-0.3, -0.25) is 4.79 Å². The number of rotatable bonds is 4. The van der Waals surface area contributed by atoms with Gasteiger partial charge in [-0.15, -0.1) is 0 Å². The van der Waals surface area contributed by atoms with Crippen molar-refractivity contribution < 1.29 is 9.90 Å². The standard InChI is InChI=1S/C13H14ClN3O2.C8H10.C2H6/c1-8-6-17-12(14)5-10(8)9-4-11(16-7-9)13(19)15-2-3-18;1-8-6-4-2-3-5-7-8;1-2/h4-7,16,18H,2-3H2,1H3,(H,15,19);2-6H,7H2,1H3;1-2H3. The molecular formula is C23H30ClN3O2. The van der Waals surface area contributed by atoms with E-state index in [1.807, 2.05) is 20.8 Å². The lowest BCUT2D eigenvalue weighted by Crippen LogP contribution is -2.26. The molecule has 1 amide bonds. The number of nitrogens with zero attached hydrogens (tertiary/aromatic N) is 1. The van der Waals surface area contributed by atoms with Crippen LogP contribution >= 0.6 is 11.6 Å². The van der Waals surface area contributed by atoms with Crippen LogP contribution in [-0.4, -0.2) is 34.1 Å². The maximum absolute atomic E-state index is 11.7. The van der Waals surface area contributed by atoms with Crippen LogP contribution in [0.25, 0.3) is 11.1 Å². The number of halogens is 1. The number of aliphatic hydroxyl groups is 1. The van der Waals surface area contributed by atoms with Crippen LogP contribution in [0.15, 0.2) is 60.5 Å². The number of hydrogen-bond donors (Lipinski definition) is 3. The van der Waals surface area contributed by atoms with E-state index in [0.717, 1.165) is 23.1 Å². The normalized spacial score (nSPS) is 12.0.